The van der Waals surface area contributed by atoms with Crippen molar-refractivity contribution in [3.8, 4) is 0 Å². The highest BCUT2D eigenvalue weighted by Gasteiger charge is 2.33. The lowest BCUT2D eigenvalue weighted by molar-refractivity contribution is -0.141. The summed E-state index contributed by atoms with van der Waals surface area (Å²) >= 11 is 0. The van der Waals surface area contributed by atoms with E-state index in [9.17, 15) is 13.2 Å². The van der Waals surface area contributed by atoms with Crippen molar-refractivity contribution in [2.24, 2.45) is 5.41 Å². The van der Waals surface area contributed by atoms with Crippen LogP contribution in [0.1, 0.15) is 33.4 Å². The van der Waals surface area contributed by atoms with Gasteiger partial charge in [-0.2, -0.15) is 13.2 Å². The Morgan fingerprint density at radius 2 is 1.83 bits per heavy atom. The van der Waals surface area contributed by atoms with Crippen LogP contribution in [0.2, 0.25) is 0 Å². The SMILES string of the molecule is CC(Nc1cc(C(F)(F)F)ncc1N)C(C)(C)C. The molecule has 0 aliphatic rings. The summed E-state index contributed by atoms with van der Waals surface area (Å²) in [5.41, 5.74) is 5.07. The molecular formula is C12H18F3N3. The van der Waals surface area contributed by atoms with E-state index in [0.29, 0.717) is 0 Å². The third-order valence-corrected chi connectivity index (χ3v) is 2.90. The number of rotatable bonds is 2. The molecule has 102 valence electrons. The average molecular weight is 261 g/mol. The van der Waals surface area contributed by atoms with Crippen molar-refractivity contribution in [1.82, 2.24) is 4.98 Å². The number of nitrogen functional groups attached to an aromatic ring is 1. The van der Waals surface area contributed by atoms with Crippen LogP contribution in [0.25, 0.3) is 0 Å². The normalized spacial score (nSPS) is 14.4. The second-order valence-electron chi connectivity index (χ2n) is 5.39. The maximum atomic E-state index is 12.5. The van der Waals surface area contributed by atoms with Crippen molar-refractivity contribution in [1.29, 1.82) is 0 Å². The molecule has 1 aromatic rings. The highest BCUT2D eigenvalue weighted by molar-refractivity contribution is 5.65. The van der Waals surface area contributed by atoms with Gasteiger partial charge in [0.2, 0.25) is 0 Å². The van der Waals surface area contributed by atoms with Crippen molar-refractivity contribution < 1.29 is 13.2 Å². The predicted octanol–water partition coefficient (Wildman–Crippen LogP) is 3.53. The zero-order valence-corrected chi connectivity index (χ0v) is 10.9. The zero-order chi connectivity index (χ0) is 14.1. The summed E-state index contributed by atoms with van der Waals surface area (Å²) in [5.74, 6) is 0. The van der Waals surface area contributed by atoms with Crippen LogP contribution in [0.3, 0.4) is 0 Å². The number of hydrogen-bond donors (Lipinski definition) is 2. The van der Waals surface area contributed by atoms with Crippen LogP contribution < -0.4 is 11.1 Å². The molecule has 0 saturated carbocycles. The molecule has 0 aromatic carbocycles. The van der Waals surface area contributed by atoms with Gasteiger partial charge in [0.05, 0.1) is 17.6 Å². The Hall–Kier alpha value is -1.46. The summed E-state index contributed by atoms with van der Waals surface area (Å²) in [5, 5.41) is 3.00. The molecule has 6 heteroatoms. The first-order chi connectivity index (χ1) is 8.01. The van der Waals surface area contributed by atoms with Gasteiger partial charge in [0.15, 0.2) is 0 Å². The Balaban J connectivity index is 3.03. The highest BCUT2D eigenvalue weighted by atomic mass is 19.4. The minimum Gasteiger partial charge on any atom is -0.396 e. The Labute approximate surface area is 105 Å². The van der Waals surface area contributed by atoms with Crippen LogP contribution in [0.4, 0.5) is 24.5 Å². The molecule has 0 saturated heterocycles. The number of hydrogen-bond acceptors (Lipinski definition) is 3. The van der Waals surface area contributed by atoms with Crippen molar-refractivity contribution in [3.63, 3.8) is 0 Å². The third-order valence-electron chi connectivity index (χ3n) is 2.90. The van der Waals surface area contributed by atoms with E-state index in [4.69, 9.17) is 5.73 Å². The third kappa shape index (κ3) is 3.51. The molecule has 3 N–H and O–H groups in total. The van der Waals surface area contributed by atoms with Crippen LogP contribution in [-0.2, 0) is 6.18 Å². The number of halogens is 3. The van der Waals surface area contributed by atoms with Gasteiger partial charge < -0.3 is 11.1 Å². The molecule has 1 heterocycles. The minimum atomic E-state index is -4.46. The van der Waals surface area contributed by atoms with E-state index in [-0.39, 0.29) is 22.8 Å². The molecule has 0 aliphatic heterocycles. The van der Waals surface area contributed by atoms with E-state index < -0.39 is 11.9 Å². The number of pyridine rings is 1. The quantitative estimate of drug-likeness (QED) is 0.856. The van der Waals surface area contributed by atoms with Crippen molar-refractivity contribution in [2.45, 2.75) is 39.9 Å². The standard InChI is InChI=1S/C12H18F3N3/c1-7(11(2,3)4)18-9-5-10(12(13,14)15)17-6-8(9)16/h5-7H,16H2,1-4H3,(H,17,18). The van der Waals surface area contributed by atoms with E-state index in [0.717, 1.165) is 12.3 Å². The van der Waals surface area contributed by atoms with Crippen molar-refractivity contribution >= 4 is 11.4 Å². The molecule has 1 unspecified atom stereocenters. The average Bonchev–Trinajstić information content (AvgIpc) is 2.18. The molecule has 0 radical (unpaired) electrons. The molecule has 0 fully saturated rings. The van der Waals surface area contributed by atoms with Crippen molar-refractivity contribution in [2.75, 3.05) is 11.1 Å². The smallest absolute Gasteiger partial charge is 0.396 e. The summed E-state index contributed by atoms with van der Waals surface area (Å²) in [6.45, 7) is 7.87. The summed E-state index contributed by atoms with van der Waals surface area (Å²) in [4.78, 5) is 3.29. The van der Waals surface area contributed by atoms with E-state index in [2.05, 4.69) is 10.3 Å². The lowest BCUT2D eigenvalue weighted by Crippen LogP contribution is -2.31. The second kappa shape index (κ2) is 4.66. The maximum absolute atomic E-state index is 12.5. The van der Waals surface area contributed by atoms with Crippen LogP contribution in [0, 0.1) is 5.41 Å². The van der Waals surface area contributed by atoms with Gasteiger partial charge >= 0.3 is 6.18 Å². The Morgan fingerprint density at radius 1 is 1.28 bits per heavy atom. The molecule has 1 aromatic heterocycles. The van der Waals surface area contributed by atoms with Gasteiger partial charge in [0.1, 0.15) is 5.69 Å². The fourth-order valence-electron chi connectivity index (χ4n) is 1.20. The number of anilines is 2. The van der Waals surface area contributed by atoms with Gasteiger partial charge in [-0.05, 0) is 18.4 Å². The first-order valence-electron chi connectivity index (χ1n) is 5.61. The van der Waals surface area contributed by atoms with E-state index in [1.165, 1.54) is 0 Å². The fraction of sp³-hybridized carbons (Fsp3) is 0.583. The summed E-state index contributed by atoms with van der Waals surface area (Å²) in [6, 6.07) is 0.917. The maximum Gasteiger partial charge on any atom is 0.433 e. The Morgan fingerprint density at radius 3 is 2.28 bits per heavy atom. The summed E-state index contributed by atoms with van der Waals surface area (Å²) < 4.78 is 37.6. The first kappa shape index (κ1) is 14.6. The van der Waals surface area contributed by atoms with Gasteiger partial charge in [0.25, 0.3) is 0 Å². The molecule has 0 amide bonds. The van der Waals surface area contributed by atoms with Crippen LogP contribution in [-0.4, -0.2) is 11.0 Å². The lowest BCUT2D eigenvalue weighted by Gasteiger charge is -2.29. The number of alkyl halides is 3. The summed E-state index contributed by atoms with van der Waals surface area (Å²) in [6.07, 6.45) is -3.43. The zero-order valence-electron chi connectivity index (χ0n) is 10.9. The number of nitrogens with one attached hydrogen (secondary N) is 1. The lowest BCUT2D eigenvalue weighted by atomic mass is 9.88. The van der Waals surface area contributed by atoms with E-state index in [1.54, 1.807) is 0 Å². The Kier molecular flexibility index (Phi) is 3.78. The van der Waals surface area contributed by atoms with Crippen LogP contribution >= 0.6 is 0 Å². The number of aromatic nitrogens is 1. The predicted molar refractivity (Wildman–Crippen MR) is 66.2 cm³/mol. The van der Waals surface area contributed by atoms with Gasteiger partial charge in [-0.15, -0.1) is 0 Å². The highest BCUT2D eigenvalue weighted by Crippen LogP contribution is 2.32. The molecular weight excluding hydrogens is 243 g/mol. The molecule has 1 atom stereocenters. The Bertz CT molecular complexity index is 422. The van der Waals surface area contributed by atoms with E-state index in [1.807, 2.05) is 27.7 Å². The number of nitrogens with zero attached hydrogens (tertiary/aromatic N) is 1. The molecule has 1 rings (SSSR count). The second-order valence-corrected chi connectivity index (χ2v) is 5.39. The monoisotopic (exact) mass is 261 g/mol. The molecule has 0 bridgehead atoms. The fourth-order valence-corrected chi connectivity index (χ4v) is 1.20. The van der Waals surface area contributed by atoms with Crippen molar-refractivity contribution in [3.05, 3.63) is 18.0 Å². The topological polar surface area (TPSA) is 50.9 Å². The van der Waals surface area contributed by atoms with Gasteiger partial charge in [0, 0.05) is 6.04 Å². The van der Waals surface area contributed by atoms with E-state index >= 15 is 0 Å². The first-order valence-corrected chi connectivity index (χ1v) is 5.61. The summed E-state index contributed by atoms with van der Waals surface area (Å²) in [7, 11) is 0. The molecule has 18 heavy (non-hydrogen) atoms. The molecule has 0 aliphatic carbocycles. The van der Waals surface area contributed by atoms with Crippen LogP contribution in [0.5, 0.6) is 0 Å². The van der Waals surface area contributed by atoms with Gasteiger partial charge in [-0.3, -0.25) is 0 Å². The number of nitrogens with two attached hydrogens (primary N) is 1. The van der Waals surface area contributed by atoms with Gasteiger partial charge in [-0.1, -0.05) is 20.8 Å². The van der Waals surface area contributed by atoms with Gasteiger partial charge in [-0.25, -0.2) is 4.98 Å². The van der Waals surface area contributed by atoms with Crippen LogP contribution in [0.15, 0.2) is 12.3 Å². The largest absolute Gasteiger partial charge is 0.433 e. The minimum absolute atomic E-state index is 0.0247. The molecule has 3 nitrogen and oxygen atoms in total. The molecule has 0 spiro atoms.